The molecule has 1 N–H and O–H groups in total. The molecule has 1 aliphatic rings. The summed E-state index contributed by atoms with van der Waals surface area (Å²) in [5.74, 6) is 1.01. The summed E-state index contributed by atoms with van der Waals surface area (Å²) in [5, 5.41) is 3.47. The Balaban J connectivity index is 1.84. The highest BCUT2D eigenvalue weighted by molar-refractivity contribution is 5.35. The van der Waals surface area contributed by atoms with Crippen LogP contribution in [0.2, 0.25) is 0 Å². The zero-order valence-electron chi connectivity index (χ0n) is 13.7. The summed E-state index contributed by atoms with van der Waals surface area (Å²) in [6, 6.07) is 6.59. The number of aryl methyl sites for hydroxylation is 2. The van der Waals surface area contributed by atoms with Crippen LogP contribution in [0.25, 0.3) is 0 Å². The number of nitrogens with zero attached hydrogens (tertiary/aromatic N) is 1. The first-order valence-electron chi connectivity index (χ1n) is 8.51. The van der Waals surface area contributed by atoms with Crippen molar-refractivity contribution in [3.63, 3.8) is 0 Å². The zero-order valence-corrected chi connectivity index (χ0v) is 13.7. The molecule has 0 amide bonds. The van der Waals surface area contributed by atoms with Crippen LogP contribution in [0.15, 0.2) is 18.2 Å². The summed E-state index contributed by atoms with van der Waals surface area (Å²) in [6.45, 7) is 11.0. The summed E-state index contributed by atoms with van der Waals surface area (Å²) < 4.78 is 5.60. The van der Waals surface area contributed by atoms with E-state index in [0.29, 0.717) is 0 Å². The second-order valence-corrected chi connectivity index (χ2v) is 5.77. The van der Waals surface area contributed by atoms with Crippen molar-refractivity contribution >= 4 is 0 Å². The molecule has 1 aromatic rings. The lowest BCUT2D eigenvalue weighted by Gasteiger charge is -2.19. The lowest BCUT2D eigenvalue weighted by Crippen LogP contribution is -2.29. The van der Waals surface area contributed by atoms with Gasteiger partial charge in [0.25, 0.3) is 0 Å². The smallest absolute Gasteiger partial charge is 0.119 e. The molecule has 1 heterocycles. The average molecular weight is 290 g/mol. The Bertz CT molecular complexity index is 412. The van der Waals surface area contributed by atoms with Crippen molar-refractivity contribution < 1.29 is 4.74 Å². The maximum Gasteiger partial charge on any atom is 0.119 e. The lowest BCUT2D eigenvalue weighted by atomic mass is 10.0. The van der Waals surface area contributed by atoms with E-state index in [1.807, 2.05) is 6.92 Å². The van der Waals surface area contributed by atoms with Gasteiger partial charge in [0.1, 0.15) is 5.75 Å². The van der Waals surface area contributed by atoms with Crippen LogP contribution in [-0.4, -0.2) is 44.2 Å². The summed E-state index contributed by atoms with van der Waals surface area (Å²) in [4.78, 5) is 2.60. The molecule has 1 saturated heterocycles. The Morgan fingerprint density at radius 1 is 1.14 bits per heavy atom. The van der Waals surface area contributed by atoms with E-state index in [4.69, 9.17) is 4.74 Å². The maximum atomic E-state index is 5.60. The van der Waals surface area contributed by atoms with E-state index in [-0.39, 0.29) is 0 Å². The summed E-state index contributed by atoms with van der Waals surface area (Å²) >= 11 is 0. The van der Waals surface area contributed by atoms with Crippen LogP contribution in [0.5, 0.6) is 5.75 Å². The molecule has 3 nitrogen and oxygen atoms in total. The van der Waals surface area contributed by atoms with Gasteiger partial charge in [0.15, 0.2) is 0 Å². The molecule has 0 saturated carbocycles. The molecule has 0 aromatic heterocycles. The van der Waals surface area contributed by atoms with Gasteiger partial charge in [0.05, 0.1) is 6.61 Å². The Morgan fingerprint density at radius 3 is 2.86 bits per heavy atom. The van der Waals surface area contributed by atoms with Gasteiger partial charge in [-0.2, -0.15) is 0 Å². The van der Waals surface area contributed by atoms with E-state index < -0.39 is 0 Å². The van der Waals surface area contributed by atoms with Crippen LogP contribution < -0.4 is 10.1 Å². The molecular weight excluding hydrogens is 260 g/mol. The minimum Gasteiger partial charge on any atom is -0.494 e. The first kappa shape index (κ1) is 16.3. The normalized spacial score (nSPS) is 16.7. The van der Waals surface area contributed by atoms with E-state index in [1.165, 1.54) is 56.6 Å². The maximum absolute atomic E-state index is 5.60. The van der Waals surface area contributed by atoms with E-state index in [2.05, 4.69) is 35.3 Å². The summed E-state index contributed by atoms with van der Waals surface area (Å²) in [7, 11) is 0. The van der Waals surface area contributed by atoms with Gasteiger partial charge >= 0.3 is 0 Å². The second-order valence-electron chi connectivity index (χ2n) is 5.77. The van der Waals surface area contributed by atoms with Gasteiger partial charge in [-0.15, -0.1) is 0 Å². The Hall–Kier alpha value is -1.06. The minimum atomic E-state index is 0.742. The van der Waals surface area contributed by atoms with Gasteiger partial charge in [-0.05, 0) is 75.5 Å². The molecule has 1 aromatic carbocycles. The third-order valence-electron chi connectivity index (χ3n) is 4.22. The highest BCUT2D eigenvalue weighted by Crippen LogP contribution is 2.20. The van der Waals surface area contributed by atoms with Crippen molar-refractivity contribution in [2.45, 2.75) is 39.5 Å². The van der Waals surface area contributed by atoms with Crippen molar-refractivity contribution in [3.8, 4) is 5.75 Å². The van der Waals surface area contributed by atoms with Crippen LogP contribution in [0.4, 0.5) is 0 Å². The van der Waals surface area contributed by atoms with Gasteiger partial charge in [-0.1, -0.05) is 13.0 Å². The lowest BCUT2D eigenvalue weighted by molar-refractivity contribution is 0.289. The topological polar surface area (TPSA) is 24.5 Å². The highest BCUT2D eigenvalue weighted by Gasteiger charge is 2.09. The minimum absolute atomic E-state index is 0.742. The quantitative estimate of drug-likeness (QED) is 0.835. The molecule has 0 spiro atoms. The van der Waals surface area contributed by atoms with Gasteiger partial charge < -0.3 is 15.0 Å². The first-order chi connectivity index (χ1) is 10.3. The molecule has 0 atom stereocenters. The number of ether oxygens (including phenoxy) is 1. The Morgan fingerprint density at radius 2 is 2.05 bits per heavy atom. The van der Waals surface area contributed by atoms with E-state index >= 15 is 0 Å². The zero-order chi connectivity index (χ0) is 14.9. The molecule has 21 heavy (non-hydrogen) atoms. The molecule has 118 valence electrons. The molecule has 0 radical (unpaired) electrons. The number of rotatable bonds is 7. The highest BCUT2D eigenvalue weighted by atomic mass is 16.5. The van der Waals surface area contributed by atoms with Crippen LogP contribution in [0.1, 0.15) is 37.8 Å². The number of hydrogen-bond acceptors (Lipinski definition) is 3. The van der Waals surface area contributed by atoms with Gasteiger partial charge in [-0.25, -0.2) is 0 Å². The standard InChI is InChI=1S/C18H30N2O/c1-3-16-15-18(21-4-2)9-8-17(16)7-5-12-20-13-6-10-19-11-14-20/h8-9,15,19H,3-7,10-14H2,1-2H3. The van der Waals surface area contributed by atoms with Crippen LogP contribution >= 0.6 is 0 Å². The number of nitrogens with one attached hydrogen (secondary N) is 1. The van der Waals surface area contributed by atoms with Crippen molar-refractivity contribution in [1.29, 1.82) is 0 Å². The Labute approximate surface area is 129 Å². The van der Waals surface area contributed by atoms with Crippen LogP contribution in [0, 0.1) is 0 Å². The SMILES string of the molecule is CCOc1ccc(CCCN2CCCNCC2)c(CC)c1. The van der Waals surface area contributed by atoms with Crippen molar-refractivity contribution in [1.82, 2.24) is 10.2 Å². The third kappa shape index (κ3) is 5.33. The molecular formula is C18H30N2O. The molecule has 3 heteroatoms. The fraction of sp³-hybridized carbons (Fsp3) is 0.667. The molecule has 2 rings (SSSR count). The van der Waals surface area contributed by atoms with E-state index in [1.54, 1.807) is 0 Å². The molecule has 1 aliphatic heterocycles. The predicted octanol–water partition coefficient (Wildman–Crippen LogP) is 2.88. The van der Waals surface area contributed by atoms with Crippen molar-refractivity contribution in [2.24, 2.45) is 0 Å². The molecule has 0 unspecified atom stereocenters. The van der Waals surface area contributed by atoms with E-state index in [0.717, 1.165) is 25.3 Å². The monoisotopic (exact) mass is 290 g/mol. The molecule has 1 fully saturated rings. The average Bonchev–Trinajstić information content (AvgIpc) is 2.77. The molecule has 0 aliphatic carbocycles. The summed E-state index contributed by atoms with van der Waals surface area (Å²) in [5.41, 5.74) is 2.94. The Kier molecular flexibility index (Phi) is 7.04. The van der Waals surface area contributed by atoms with Crippen molar-refractivity contribution in [2.75, 3.05) is 39.3 Å². The van der Waals surface area contributed by atoms with Crippen LogP contribution in [0.3, 0.4) is 0 Å². The van der Waals surface area contributed by atoms with Crippen molar-refractivity contribution in [3.05, 3.63) is 29.3 Å². The van der Waals surface area contributed by atoms with Crippen LogP contribution in [-0.2, 0) is 12.8 Å². The fourth-order valence-electron chi connectivity index (χ4n) is 3.05. The van der Waals surface area contributed by atoms with E-state index in [9.17, 15) is 0 Å². The predicted molar refractivity (Wildman–Crippen MR) is 89.2 cm³/mol. The largest absolute Gasteiger partial charge is 0.494 e. The molecule has 0 bridgehead atoms. The van der Waals surface area contributed by atoms with Gasteiger partial charge in [0, 0.05) is 13.1 Å². The number of hydrogen-bond donors (Lipinski definition) is 1. The second kappa shape index (κ2) is 9.06. The first-order valence-corrected chi connectivity index (χ1v) is 8.51. The third-order valence-corrected chi connectivity index (χ3v) is 4.22. The van der Waals surface area contributed by atoms with Gasteiger partial charge in [0.2, 0.25) is 0 Å². The van der Waals surface area contributed by atoms with Gasteiger partial charge in [-0.3, -0.25) is 0 Å². The fourth-order valence-corrected chi connectivity index (χ4v) is 3.05. The summed E-state index contributed by atoms with van der Waals surface area (Å²) in [6.07, 6.45) is 4.80. The number of benzene rings is 1.